The van der Waals surface area contributed by atoms with Gasteiger partial charge in [0.1, 0.15) is 5.52 Å². The molecule has 0 bridgehead atoms. The smallest absolute Gasteiger partial charge is 0.298 e. The molecule has 1 aliphatic heterocycles. The van der Waals surface area contributed by atoms with Gasteiger partial charge in [0.2, 0.25) is 10.0 Å². The average molecular weight is 414 g/mol. The molecule has 2 heterocycles. The molecule has 6 nitrogen and oxygen atoms in total. The van der Waals surface area contributed by atoms with Crippen LogP contribution in [0.4, 0.5) is 6.01 Å². The SMILES string of the molecule is Cc1cc(C)c(S(=O)(=O)NCC2CCN(c3nc4ccccc4o3)CC2)c(C)c1. The van der Waals surface area contributed by atoms with E-state index in [9.17, 15) is 8.42 Å². The predicted octanol–water partition coefficient (Wildman–Crippen LogP) is 3.95. The van der Waals surface area contributed by atoms with Crippen molar-refractivity contribution in [3.63, 3.8) is 0 Å². The van der Waals surface area contributed by atoms with Crippen molar-refractivity contribution in [2.75, 3.05) is 24.5 Å². The molecule has 4 rings (SSSR count). The van der Waals surface area contributed by atoms with E-state index in [1.54, 1.807) is 0 Å². The van der Waals surface area contributed by atoms with E-state index in [4.69, 9.17) is 4.42 Å². The molecule has 7 heteroatoms. The molecule has 1 saturated heterocycles. The number of oxazole rings is 1. The number of sulfonamides is 1. The number of hydrogen-bond donors (Lipinski definition) is 1. The third-order valence-corrected chi connectivity index (χ3v) is 7.33. The van der Waals surface area contributed by atoms with Gasteiger partial charge in [-0.05, 0) is 62.8 Å². The summed E-state index contributed by atoms with van der Waals surface area (Å²) in [5.74, 6) is 0.302. The molecule has 0 radical (unpaired) electrons. The zero-order valence-corrected chi connectivity index (χ0v) is 17.9. The second-order valence-electron chi connectivity index (χ2n) is 7.97. The summed E-state index contributed by atoms with van der Waals surface area (Å²) >= 11 is 0. The Hall–Kier alpha value is -2.38. The molecule has 3 aromatic rings. The molecule has 29 heavy (non-hydrogen) atoms. The van der Waals surface area contributed by atoms with E-state index in [2.05, 4.69) is 14.6 Å². The van der Waals surface area contributed by atoms with Gasteiger partial charge in [-0.1, -0.05) is 29.8 Å². The van der Waals surface area contributed by atoms with Gasteiger partial charge in [-0.2, -0.15) is 4.98 Å². The Balaban J connectivity index is 1.37. The van der Waals surface area contributed by atoms with E-state index in [-0.39, 0.29) is 0 Å². The Morgan fingerprint density at radius 2 is 1.76 bits per heavy atom. The molecule has 0 atom stereocenters. The van der Waals surface area contributed by atoms with Crippen molar-refractivity contribution in [1.29, 1.82) is 0 Å². The Labute approximate surface area is 172 Å². The molecule has 1 aliphatic rings. The molecule has 0 unspecified atom stereocenters. The standard InChI is InChI=1S/C22H27N3O3S/c1-15-12-16(2)21(17(3)13-15)29(26,27)23-14-18-8-10-25(11-9-18)22-24-19-6-4-5-7-20(19)28-22/h4-7,12-13,18,23H,8-11,14H2,1-3H3. The Morgan fingerprint density at radius 1 is 1.10 bits per heavy atom. The third-order valence-electron chi connectivity index (χ3n) is 5.60. The fourth-order valence-electron chi connectivity index (χ4n) is 4.21. The van der Waals surface area contributed by atoms with E-state index in [0.29, 0.717) is 23.4 Å². The van der Waals surface area contributed by atoms with E-state index >= 15 is 0 Å². The van der Waals surface area contributed by atoms with Gasteiger partial charge in [0.05, 0.1) is 4.90 Å². The van der Waals surface area contributed by atoms with Crippen LogP contribution < -0.4 is 9.62 Å². The van der Waals surface area contributed by atoms with E-state index < -0.39 is 10.0 Å². The second-order valence-corrected chi connectivity index (χ2v) is 9.68. The van der Waals surface area contributed by atoms with Crippen molar-refractivity contribution >= 4 is 27.1 Å². The molecule has 1 fully saturated rings. The van der Waals surface area contributed by atoms with Gasteiger partial charge in [0.25, 0.3) is 6.01 Å². The molecule has 0 saturated carbocycles. The van der Waals surface area contributed by atoms with Crippen LogP contribution >= 0.6 is 0 Å². The summed E-state index contributed by atoms with van der Waals surface area (Å²) in [6.45, 7) is 7.76. The lowest BCUT2D eigenvalue weighted by molar-refractivity contribution is 0.387. The van der Waals surface area contributed by atoms with Crippen molar-refractivity contribution in [3.8, 4) is 0 Å². The minimum absolute atomic E-state index is 0.302. The van der Waals surface area contributed by atoms with E-state index in [0.717, 1.165) is 53.7 Å². The normalized spacial score (nSPS) is 15.9. The Morgan fingerprint density at radius 3 is 2.41 bits per heavy atom. The summed E-state index contributed by atoms with van der Waals surface area (Å²) in [4.78, 5) is 7.11. The van der Waals surface area contributed by atoms with Gasteiger partial charge in [-0.15, -0.1) is 0 Å². The zero-order chi connectivity index (χ0) is 20.6. The van der Waals surface area contributed by atoms with Crippen LogP contribution in [0, 0.1) is 26.7 Å². The van der Waals surface area contributed by atoms with Crippen LogP contribution in [0.1, 0.15) is 29.5 Å². The summed E-state index contributed by atoms with van der Waals surface area (Å²) in [6, 6.07) is 12.2. The van der Waals surface area contributed by atoms with Gasteiger partial charge in [-0.25, -0.2) is 13.1 Å². The molecule has 0 amide bonds. The van der Waals surface area contributed by atoms with Crippen LogP contribution in [0.2, 0.25) is 0 Å². The first-order valence-electron chi connectivity index (χ1n) is 10.0. The molecular formula is C22H27N3O3S. The first-order valence-corrected chi connectivity index (χ1v) is 11.5. The van der Waals surface area contributed by atoms with Gasteiger partial charge in [0, 0.05) is 19.6 Å². The highest BCUT2D eigenvalue weighted by Gasteiger charge is 2.25. The van der Waals surface area contributed by atoms with Crippen LogP contribution in [-0.4, -0.2) is 33.0 Å². The number of para-hydroxylation sites is 2. The number of anilines is 1. The second kappa shape index (κ2) is 7.80. The lowest BCUT2D eigenvalue weighted by Gasteiger charge is -2.31. The fourth-order valence-corrected chi connectivity index (χ4v) is 5.78. The average Bonchev–Trinajstić information content (AvgIpc) is 3.10. The summed E-state index contributed by atoms with van der Waals surface area (Å²) in [5, 5.41) is 0. The number of piperidine rings is 1. The van der Waals surface area contributed by atoms with Crippen molar-refractivity contribution in [3.05, 3.63) is 53.1 Å². The molecular weight excluding hydrogens is 386 g/mol. The highest BCUT2D eigenvalue weighted by Crippen LogP contribution is 2.27. The van der Waals surface area contributed by atoms with Crippen LogP contribution in [0.5, 0.6) is 0 Å². The topological polar surface area (TPSA) is 75.4 Å². The van der Waals surface area contributed by atoms with E-state index in [1.165, 1.54) is 0 Å². The van der Waals surface area contributed by atoms with Gasteiger partial charge in [-0.3, -0.25) is 0 Å². The first-order chi connectivity index (χ1) is 13.8. The van der Waals surface area contributed by atoms with Crippen molar-refractivity contribution in [1.82, 2.24) is 9.71 Å². The first kappa shape index (κ1) is 19.9. The fraction of sp³-hybridized carbons (Fsp3) is 0.409. The van der Waals surface area contributed by atoms with Crippen molar-refractivity contribution in [2.45, 2.75) is 38.5 Å². The highest BCUT2D eigenvalue weighted by atomic mass is 32.2. The minimum Gasteiger partial charge on any atom is -0.423 e. The van der Waals surface area contributed by atoms with E-state index in [1.807, 2.05) is 57.2 Å². The minimum atomic E-state index is -3.52. The van der Waals surface area contributed by atoms with Gasteiger partial charge < -0.3 is 9.32 Å². The van der Waals surface area contributed by atoms with Crippen LogP contribution in [-0.2, 0) is 10.0 Å². The number of rotatable bonds is 5. The number of aryl methyl sites for hydroxylation is 3. The maximum Gasteiger partial charge on any atom is 0.298 e. The van der Waals surface area contributed by atoms with Gasteiger partial charge in [0.15, 0.2) is 5.58 Å². The molecule has 1 N–H and O–H groups in total. The predicted molar refractivity (Wildman–Crippen MR) is 115 cm³/mol. The number of fused-ring (bicyclic) bond motifs is 1. The largest absolute Gasteiger partial charge is 0.423 e. The molecule has 1 aromatic heterocycles. The molecule has 0 aliphatic carbocycles. The maximum atomic E-state index is 12.9. The zero-order valence-electron chi connectivity index (χ0n) is 17.1. The monoisotopic (exact) mass is 413 g/mol. The summed E-state index contributed by atoms with van der Waals surface area (Å²) in [5.41, 5.74) is 4.31. The summed E-state index contributed by atoms with van der Waals surface area (Å²) in [6.07, 6.45) is 1.79. The number of nitrogens with zero attached hydrogens (tertiary/aromatic N) is 2. The quantitative estimate of drug-likeness (QED) is 0.685. The number of benzene rings is 2. The van der Waals surface area contributed by atoms with Crippen molar-refractivity contribution in [2.24, 2.45) is 5.92 Å². The highest BCUT2D eigenvalue weighted by molar-refractivity contribution is 7.89. The number of hydrogen-bond acceptors (Lipinski definition) is 5. The molecule has 0 spiro atoms. The maximum absolute atomic E-state index is 12.9. The number of aromatic nitrogens is 1. The lowest BCUT2D eigenvalue weighted by atomic mass is 9.97. The Bertz CT molecular complexity index is 1070. The third kappa shape index (κ3) is 4.16. The van der Waals surface area contributed by atoms with Gasteiger partial charge >= 0.3 is 0 Å². The van der Waals surface area contributed by atoms with Crippen LogP contribution in [0.25, 0.3) is 11.1 Å². The number of nitrogens with one attached hydrogen (secondary N) is 1. The van der Waals surface area contributed by atoms with Crippen molar-refractivity contribution < 1.29 is 12.8 Å². The van der Waals surface area contributed by atoms with Crippen LogP contribution in [0.3, 0.4) is 0 Å². The molecule has 154 valence electrons. The summed E-state index contributed by atoms with van der Waals surface area (Å²) in [7, 11) is -3.52. The Kier molecular flexibility index (Phi) is 5.36. The lowest BCUT2D eigenvalue weighted by Crippen LogP contribution is -2.39. The summed E-state index contributed by atoms with van der Waals surface area (Å²) < 4.78 is 34.4. The van der Waals surface area contributed by atoms with Crippen LogP contribution in [0.15, 0.2) is 45.7 Å². The molecule has 2 aromatic carbocycles.